The number of amides is 1. The van der Waals surface area contributed by atoms with E-state index in [1.165, 1.54) is 12.4 Å². The molecule has 1 saturated heterocycles. The molecule has 0 unspecified atom stereocenters. The van der Waals surface area contributed by atoms with Crippen LogP contribution in [0.1, 0.15) is 73.8 Å². The monoisotopic (exact) mass is 545 g/mol. The van der Waals surface area contributed by atoms with Gasteiger partial charge < -0.3 is 25.0 Å². The molecule has 38 heavy (non-hydrogen) atoms. The zero-order chi connectivity index (χ0) is 26.8. The van der Waals surface area contributed by atoms with E-state index in [1.54, 1.807) is 19.2 Å². The first-order valence-corrected chi connectivity index (χ1v) is 14.0. The van der Waals surface area contributed by atoms with Crippen molar-refractivity contribution in [3.63, 3.8) is 0 Å². The Morgan fingerprint density at radius 1 is 1.21 bits per heavy atom. The Kier molecular flexibility index (Phi) is 8.47. The van der Waals surface area contributed by atoms with Gasteiger partial charge in [-0.25, -0.2) is 14.4 Å². The van der Waals surface area contributed by atoms with Gasteiger partial charge in [-0.1, -0.05) is 24.6 Å². The Labute approximate surface area is 228 Å². The van der Waals surface area contributed by atoms with E-state index in [9.17, 15) is 9.90 Å². The largest absolute Gasteiger partial charge is 0.387 e. The number of aliphatic hydroxyl groups is 1. The summed E-state index contributed by atoms with van der Waals surface area (Å²) in [6.07, 6.45) is 5.79. The minimum absolute atomic E-state index is 0.0827. The van der Waals surface area contributed by atoms with Crippen LogP contribution in [0.3, 0.4) is 0 Å². The van der Waals surface area contributed by atoms with Gasteiger partial charge in [-0.3, -0.25) is 4.79 Å². The van der Waals surface area contributed by atoms with Gasteiger partial charge in [0.2, 0.25) is 5.91 Å². The third-order valence-electron chi connectivity index (χ3n) is 8.42. The Balaban J connectivity index is 1.28. The topological polar surface area (TPSA) is 90.8 Å². The van der Waals surface area contributed by atoms with E-state index in [1.807, 2.05) is 4.90 Å². The highest BCUT2D eigenvalue weighted by molar-refractivity contribution is 6.30. The van der Waals surface area contributed by atoms with Crippen LogP contribution in [-0.2, 0) is 9.53 Å². The van der Waals surface area contributed by atoms with Crippen LogP contribution in [-0.4, -0.2) is 77.9 Å². The molecule has 0 spiro atoms. The molecule has 206 valence electrons. The van der Waals surface area contributed by atoms with E-state index in [-0.39, 0.29) is 24.0 Å². The van der Waals surface area contributed by atoms with Gasteiger partial charge in [0.25, 0.3) is 0 Å². The molecule has 3 aliphatic rings. The summed E-state index contributed by atoms with van der Waals surface area (Å²) in [4.78, 5) is 26.7. The minimum Gasteiger partial charge on any atom is -0.387 e. The number of methoxy groups -OCH3 is 1. The molecule has 1 aromatic heterocycles. The maximum Gasteiger partial charge on any atom is 0.231 e. The summed E-state index contributed by atoms with van der Waals surface area (Å²) in [6, 6.07) is 4.84. The molecule has 1 amide bonds. The number of rotatable bonds is 7. The van der Waals surface area contributed by atoms with Crippen LogP contribution in [0.4, 0.5) is 10.2 Å². The van der Waals surface area contributed by atoms with Crippen LogP contribution in [0.5, 0.6) is 0 Å². The predicted octanol–water partition coefficient (Wildman–Crippen LogP) is 3.79. The number of ether oxygens (including phenoxy) is 1. The van der Waals surface area contributed by atoms with Crippen molar-refractivity contribution < 1.29 is 19.0 Å². The Morgan fingerprint density at radius 3 is 2.63 bits per heavy atom. The molecule has 5 rings (SSSR count). The predicted molar refractivity (Wildman–Crippen MR) is 144 cm³/mol. The van der Waals surface area contributed by atoms with Gasteiger partial charge in [0.1, 0.15) is 18.0 Å². The third kappa shape index (κ3) is 5.66. The van der Waals surface area contributed by atoms with Crippen molar-refractivity contribution in [3.8, 4) is 0 Å². The fraction of sp³-hybridized carbons (Fsp3) is 0.607. The van der Waals surface area contributed by atoms with Crippen LogP contribution >= 0.6 is 11.6 Å². The lowest BCUT2D eigenvalue weighted by molar-refractivity contribution is -0.133. The van der Waals surface area contributed by atoms with Crippen molar-refractivity contribution in [1.82, 2.24) is 20.2 Å². The molecule has 2 heterocycles. The van der Waals surface area contributed by atoms with Crippen molar-refractivity contribution in [3.05, 3.63) is 52.2 Å². The van der Waals surface area contributed by atoms with E-state index in [0.29, 0.717) is 55.4 Å². The number of hydrogen-bond donors (Lipinski definition) is 2. The number of piperazine rings is 1. The van der Waals surface area contributed by atoms with E-state index in [2.05, 4.69) is 27.1 Å². The zero-order valence-electron chi connectivity index (χ0n) is 22.1. The van der Waals surface area contributed by atoms with Crippen LogP contribution in [0.25, 0.3) is 0 Å². The van der Waals surface area contributed by atoms with Crippen LogP contribution < -0.4 is 10.2 Å². The first kappa shape index (κ1) is 27.2. The lowest BCUT2D eigenvalue weighted by Gasteiger charge is -2.38. The first-order valence-electron chi connectivity index (χ1n) is 13.6. The van der Waals surface area contributed by atoms with E-state index in [4.69, 9.17) is 16.3 Å². The summed E-state index contributed by atoms with van der Waals surface area (Å²) in [5, 5.41) is 14.2. The molecule has 2 aromatic rings. The summed E-state index contributed by atoms with van der Waals surface area (Å²) >= 11 is 6.02. The van der Waals surface area contributed by atoms with Gasteiger partial charge >= 0.3 is 0 Å². The summed E-state index contributed by atoms with van der Waals surface area (Å²) in [6.45, 7) is 4.71. The number of aromatic nitrogens is 2. The molecule has 8 nitrogen and oxygen atoms in total. The standard InChI is InChI=1S/C28H37ClFN5O3/c1-17-13-24(36)26-25(17)27(33-16-32-26)34-9-11-35(12-10-34)28(37)22(21-8-3-18(29)14-23(21)30)15-31-19-4-6-20(38-2)7-5-19/h3,8,14,16-17,19-20,22,24,31,36H,4-7,9-13,15H2,1-2H3/t17-,19-,20-,22-,24-/m1/s1. The van der Waals surface area contributed by atoms with E-state index >= 15 is 4.39 Å². The molecule has 2 N–H and O–H groups in total. The second kappa shape index (κ2) is 11.8. The molecular weight excluding hydrogens is 509 g/mol. The van der Waals surface area contributed by atoms with Gasteiger partial charge in [0.05, 0.1) is 23.8 Å². The number of aliphatic hydroxyl groups excluding tert-OH is 1. The molecule has 1 saturated carbocycles. The number of fused-ring (bicyclic) bond motifs is 1. The van der Waals surface area contributed by atoms with Crippen molar-refractivity contribution in [2.45, 2.75) is 69.1 Å². The van der Waals surface area contributed by atoms with Gasteiger partial charge in [-0.2, -0.15) is 0 Å². The number of hydrogen-bond acceptors (Lipinski definition) is 7. The number of anilines is 1. The molecule has 3 atom stereocenters. The van der Waals surface area contributed by atoms with E-state index < -0.39 is 17.8 Å². The molecule has 0 bridgehead atoms. The normalized spacial score (nSPS) is 26.3. The molecule has 2 aliphatic carbocycles. The van der Waals surface area contributed by atoms with Crippen molar-refractivity contribution in [2.75, 3.05) is 44.7 Å². The van der Waals surface area contributed by atoms with Gasteiger partial charge in [-0.15, -0.1) is 0 Å². The highest BCUT2D eigenvalue weighted by atomic mass is 35.5. The van der Waals surface area contributed by atoms with Gasteiger partial charge in [0.15, 0.2) is 0 Å². The Bertz CT molecular complexity index is 1140. The molecule has 1 aliphatic heterocycles. The Hall–Kier alpha value is -2.33. The number of carbonyl (C=O) groups is 1. The summed E-state index contributed by atoms with van der Waals surface area (Å²) in [5.74, 6) is -0.153. The second-order valence-corrected chi connectivity index (χ2v) is 11.2. The number of benzene rings is 1. The van der Waals surface area contributed by atoms with Crippen LogP contribution in [0, 0.1) is 5.82 Å². The highest BCUT2D eigenvalue weighted by Crippen LogP contribution is 2.42. The quantitative estimate of drug-likeness (QED) is 0.547. The maximum atomic E-state index is 15.0. The summed E-state index contributed by atoms with van der Waals surface area (Å²) in [7, 11) is 1.75. The van der Waals surface area contributed by atoms with E-state index in [0.717, 1.165) is 37.1 Å². The smallest absolute Gasteiger partial charge is 0.231 e. The van der Waals surface area contributed by atoms with Crippen LogP contribution in [0.2, 0.25) is 5.02 Å². The Morgan fingerprint density at radius 2 is 1.95 bits per heavy atom. The highest BCUT2D eigenvalue weighted by Gasteiger charge is 2.35. The number of nitrogens with one attached hydrogen (secondary N) is 1. The minimum atomic E-state index is -0.641. The summed E-state index contributed by atoms with van der Waals surface area (Å²) < 4.78 is 20.5. The number of nitrogens with zero attached hydrogens (tertiary/aromatic N) is 4. The fourth-order valence-corrected chi connectivity index (χ4v) is 6.37. The average molecular weight is 546 g/mol. The SMILES string of the molecule is CO[C@H]1CC[C@H](NC[C@@H](C(=O)N2CCN(c3ncnc4c3[C@H](C)C[C@H]4O)CC2)c2ccc(Cl)cc2F)CC1. The molecule has 10 heteroatoms. The molecule has 1 aromatic carbocycles. The lowest BCUT2D eigenvalue weighted by Crippen LogP contribution is -2.52. The number of carbonyl (C=O) groups excluding carboxylic acids is 1. The van der Waals surface area contributed by atoms with Crippen LogP contribution in [0.15, 0.2) is 24.5 Å². The maximum absolute atomic E-state index is 15.0. The van der Waals surface area contributed by atoms with Gasteiger partial charge in [0, 0.05) is 62.0 Å². The first-order chi connectivity index (χ1) is 18.4. The van der Waals surface area contributed by atoms with Crippen molar-refractivity contribution >= 4 is 23.3 Å². The lowest BCUT2D eigenvalue weighted by atomic mass is 9.91. The molecule has 2 fully saturated rings. The van der Waals surface area contributed by atoms with Crippen molar-refractivity contribution in [1.29, 1.82) is 0 Å². The second-order valence-electron chi connectivity index (χ2n) is 10.8. The molecule has 0 radical (unpaired) electrons. The third-order valence-corrected chi connectivity index (χ3v) is 8.66. The van der Waals surface area contributed by atoms with Gasteiger partial charge in [-0.05, 0) is 50.2 Å². The number of halogens is 2. The molecular formula is C28H37ClFN5O3. The zero-order valence-corrected chi connectivity index (χ0v) is 22.8. The fourth-order valence-electron chi connectivity index (χ4n) is 6.21. The average Bonchev–Trinajstić information content (AvgIpc) is 3.23. The summed E-state index contributed by atoms with van der Waals surface area (Å²) in [5.41, 5.74) is 2.09. The van der Waals surface area contributed by atoms with Crippen molar-refractivity contribution in [2.24, 2.45) is 0 Å².